The molecule has 3 aromatic carbocycles. The average Bonchev–Trinajstić information content (AvgIpc) is 3.53. The summed E-state index contributed by atoms with van der Waals surface area (Å²) < 4.78 is 0. The molecule has 2 amide bonds. The maximum absolute atomic E-state index is 12.6. The molecular weight excluding hydrogens is 496 g/mol. The van der Waals surface area contributed by atoms with Crippen LogP contribution in [0.1, 0.15) is 25.0 Å². The fourth-order valence-corrected chi connectivity index (χ4v) is 4.38. The molecule has 2 atom stereocenters. The van der Waals surface area contributed by atoms with E-state index in [-0.39, 0.29) is 6.03 Å². The third-order valence-corrected chi connectivity index (χ3v) is 6.23. The number of aliphatic imine (C=N–C) groups is 2. The highest BCUT2D eigenvalue weighted by Crippen LogP contribution is 2.18. The Hall–Kier alpha value is -4.44. The van der Waals surface area contributed by atoms with E-state index in [0.717, 1.165) is 47.3 Å². The normalized spacial score (nSPS) is 17.9. The summed E-state index contributed by atoms with van der Waals surface area (Å²) in [6.45, 7) is 5.76. The van der Waals surface area contributed by atoms with Gasteiger partial charge in [0, 0.05) is 46.0 Å². The number of amides is 2. The van der Waals surface area contributed by atoms with Gasteiger partial charge in [-0.25, -0.2) is 4.79 Å². The second kappa shape index (κ2) is 11.3. The van der Waals surface area contributed by atoms with Gasteiger partial charge in [-0.15, -0.1) is 0 Å². The summed E-state index contributed by atoms with van der Waals surface area (Å²) in [5.41, 5.74) is 4.97. The number of hydrogen-bond donors (Lipinski definition) is 6. The van der Waals surface area contributed by atoms with Crippen LogP contribution in [0.4, 0.5) is 27.5 Å². The highest BCUT2D eigenvalue weighted by atomic mass is 32.1. The van der Waals surface area contributed by atoms with Crippen molar-refractivity contribution in [2.45, 2.75) is 25.9 Å². The Bertz CT molecular complexity index is 1280. The lowest BCUT2D eigenvalue weighted by Crippen LogP contribution is -2.27. The summed E-state index contributed by atoms with van der Waals surface area (Å²) in [4.78, 5) is 21.5. The zero-order valence-electron chi connectivity index (χ0n) is 21.2. The van der Waals surface area contributed by atoms with Crippen LogP contribution in [0, 0.1) is 0 Å². The third-order valence-electron chi connectivity index (χ3n) is 6.02. The molecule has 10 heteroatoms. The molecule has 3 aromatic rings. The van der Waals surface area contributed by atoms with Gasteiger partial charge in [-0.1, -0.05) is 6.07 Å². The molecule has 194 valence electrons. The van der Waals surface area contributed by atoms with Gasteiger partial charge < -0.3 is 31.9 Å². The van der Waals surface area contributed by atoms with Crippen LogP contribution in [0.3, 0.4) is 0 Å². The SMILES string of the molecule is CC1CN=C(c2ccc(NC(=O)Nc3cccc(NC(=S)Nc4ccc(C5=NCC(C)N5)cc4)c3)cc2)N1. The lowest BCUT2D eigenvalue weighted by atomic mass is 10.2. The Labute approximate surface area is 227 Å². The molecule has 0 saturated carbocycles. The first kappa shape index (κ1) is 25.2. The third kappa shape index (κ3) is 6.46. The van der Waals surface area contributed by atoms with Crippen molar-refractivity contribution < 1.29 is 4.79 Å². The van der Waals surface area contributed by atoms with E-state index in [0.29, 0.717) is 28.6 Å². The zero-order valence-corrected chi connectivity index (χ0v) is 22.0. The standard InChI is InChI=1S/C28H30N8OS/c1-17-15-29-25(31-17)19-6-10-21(11-7-19)33-27(37)34-23-4-3-5-24(14-23)36-28(38)35-22-12-8-20(9-13-22)26-30-16-18(2)32-26/h3-14,17-18H,15-16H2,1-2H3,(H,29,31)(H,30,32)(H2,33,34,37)(H2,35,36,38). The molecule has 9 nitrogen and oxygen atoms in total. The largest absolute Gasteiger partial charge is 0.366 e. The molecule has 0 aliphatic carbocycles. The minimum absolute atomic E-state index is 0.337. The highest BCUT2D eigenvalue weighted by Gasteiger charge is 2.15. The molecule has 0 saturated heterocycles. The van der Waals surface area contributed by atoms with Crippen molar-refractivity contribution >= 4 is 57.8 Å². The van der Waals surface area contributed by atoms with Gasteiger partial charge in [0.15, 0.2) is 5.11 Å². The predicted molar refractivity (Wildman–Crippen MR) is 160 cm³/mol. The molecule has 2 aliphatic rings. The van der Waals surface area contributed by atoms with E-state index in [1.54, 1.807) is 0 Å². The molecule has 0 spiro atoms. The summed E-state index contributed by atoms with van der Waals surface area (Å²) in [7, 11) is 0. The van der Waals surface area contributed by atoms with Crippen LogP contribution in [0.15, 0.2) is 82.8 Å². The zero-order chi connectivity index (χ0) is 26.5. The van der Waals surface area contributed by atoms with E-state index in [1.165, 1.54) is 0 Å². The highest BCUT2D eigenvalue weighted by molar-refractivity contribution is 7.80. The molecule has 0 fully saturated rings. The summed E-state index contributed by atoms with van der Waals surface area (Å²) in [5.74, 6) is 1.80. The van der Waals surface area contributed by atoms with Crippen molar-refractivity contribution in [2.24, 2.45) is 9.98 Å². The van der Waals surface area contributed by atoms with E-state index in [4.69, 9.17) is 12.2 Å². The van der Waals surface area contributed by atoms with E-state index < -0.39 is 0 Å². The number of nitrogens with zero attached hydrogens (tertiary/aromatic N) is 2. The fourth-order valence-electron chi connectivity index (χ4n) is 4.14. The van der Waals surface area contributed by atoms with Gasteiger partial charge >= 0.3 is 6.03 Å². The molecule has 0 aromatic heterocycles. The first-order chi connectivity index (χ1) is 18.4. The van der Waals surface area contributed by atoms with Crippen molar-refractivity contribution in [1.82, 2.24) is 10.6 Å². The number of thiocarbonyl (C=S) groups is 1. The van der Waals surface area contributed by atoms with Crippen molar-refractivity contribution in [3.63, 3.8) is 0 Å². The number of nitrogens with one attached hydrogen (secondary N) is 6. The summed E-state index contributed by atoms with van der Waals surface area (Å²) in [6, 6.07) is 23.2. The second-order valence-corrected chi connectivity index (χ2v) is 9.77. The van der Waals surface area contributed by atoms with Crippen molar-refractivity contribution in [3.05, 3.63) is 83.9 Å². The molecule has 2 heterocycles. The van der Waals surface area contributed by atoms with E-state index in [2.05, 4.69) is 55.7 Å². The van der Waals surface area contributed by atoms with Crippen LogP contribution < -0.4 is 31.9 Å². The van der Waals surface area contributed by atoms with Gasteiger partial charge in [-0.2, -0.15) is 0 Å². The maximum Gasteiger partial charge on any atom is 0.323 e. The summed E-state index contributed by atoms with van der Waals surface area (Å²) in [6.07, 6.45) is 0. The van der Waals surface area contributed by atoms with Crippen molar-refractivity contribution in [2.75, 3.05) is 34.4 Å². The number of benzene rings is 3. The van der Waals surface area contributed by atoms with Gasteiger partial charge in [0.05, 0.1) is 13.1 Å². The molecular formula is C28H30N8OS. The van der Waals surface area contributed by atoms with E-state index in [9.17, 15) is 4.79 Å². The molecule has 0 radical (unpaired) electrons. The number of hydrogen-bond acceptors (Lipinski definition) is 6. The van der Waals surface area contributed by atoms with Gasteiger partial charge in [-0.05, 0) is 92.8 Å². The summed E-state index contributed by atoms with van der Waals surface area (Å²) >= 11 is 5.48. The minimum atomic E-state index is -0.337. The molecule has 2 unspecified atom stereocenters. The molecule has 2 aliphatic heterocycles. The van der Waals surface area contributed by atoms with Crippen molar-refractivity contribution in [1.29, 1.82) is 0 Å². The molecule has 6 N–H and O–H groups in total. The van der Waals surface area contributed by atoms with Crippen LogP contribution in [-0.4, -0.2) is 48.0 Å². The Balaban J connectivity index is 1.12. The van der Waals surface area contributed by atoms with Crippen LogP contribution in [0.2, 0.25) is 0 Å². The number of amidine groups is 2. The number of carbonyl (C=O) groups is 1. The van der Waals surface area contributed by atoms with Gasteiger partial charge in [-0.3, -0.25) is 9.98 Å². The minimum Gasteiger partial charge on any atom is -0.366 e. The number of urea groups is 1. The van der Waals surface area contributed by atoms with E-state index >= 15 is 0 Å². The summed E-state index contributed by atoms with van der Waals surface area (Å²) in [5, 5.41) is 19.2. The van der Waals surface area contributed by atoms with Gasteiger partial charge in [0.25, 0.3) is 0 Å². The fraction of sp³-hybridized carbons (Fsp3) is 0.214. The quantitative estimate of drug-likeness (QED) is 0.262. The molecule has 5 rings (SSSR count). The number of anilines is 4. The Morgan fingerprint density at radius 2 is 1.16 bits per heavy atom. The van der Waals surface area contributed by atoms with Crippen LogP contribution in [0.5, 0.6) is 0 Å². The predicted octanol–water partition coefficient (Wildman–Crippen LogP) is 4.62. The first-order valence-electron chi connectivity index (χ1n) is 12.5. The number of rotatable bonds is 6. The van der Waals surface area contributed by atoms with Gasteiger partial charge in [0.2, 0.25) is 0 Å². The Kier molecular flexibility index (Phi) is 7.50. The van der Waals surface area contributed by atoms with E-state index in [1.807, 2.05) is 72.8 Å². The molecule has 0 bridgehead atoms. The van der Waals surface area contributed by atoms with Crippen molar-refractivity contribution in [3.8, 4) is 0 Å². The van der Waals surface area contributed by atoms with Crippen LogP contribution in [0.25, 0.3) is 0 Å². The van der Waals surface area contributed by atoms with Crippen LogP contribution >= 0.6 is 12.2 Å². The topological polar surface area (TPSA) is 114 Å². The van der Waals surface area contributed by atoms with Gasteiger partial charge in [0.1, 0.15) is 11.7 Å². The molecule has 38 heavy (non-hydrogen) atoms. The first-order valence-corrected chi connectivity index (χ1v) is 12.9. The lowest BCUT2D eigenvalue weighted by Gasteiger charge is -2.13. The monoisotopic (exact) mass is 526 g/mol. The Morgan fingerprint density at radius 3 is 1.66 bits per heavy atom. The maximum atomic E-state index is 12.6. The average molecular weight is 527 g/mol. The lowest BCUT2D eigenvalue weighted by molar-refractivity contribution is 0.262. The Morgan fingerprint density at radius 1 is 0.711 bits per heavy atom. The van der Waals surface area contributed by atoms with Crippen LogP contribution in [-0.2, 0) is 0 Å². The second-order valence-electron chi connectivity index (χ2n) is 9.36. The number of carbonyl (C=O) groups excluding carboxylic acids is 1. The smallest absolute Gasteiger partial charge is 0.323 e.